The molecule has 0 saturated heterocycles. The van der Waals surface area contributed by atoms with Crippen LogP contribution < -0.4 is 5.32 Å². The predicted molar refractivity (Wildman–Crippen MR) is 85.7 cm³/mol. The van der Waals surface area contributed by atoms with Crippen molar-refractivity contribution >= 4 is 48.0 Å². The summed E-state index contributed by atoms with van der Waals surface area (Å²) in [6.45, 7) is 1.42. The lowest BCUT2D eigenvalue weighted by Gasteiger charge is -2.06. The molecule has 0 atom stereocenters. The van der Waals surface area contributed by atoms with E-state index in [0.29, 0.717) is 16.6 Å². The van der Waals surface area contributed by atoms with Crippen LogP contribution in [0.5, 0.6) is 0 Å². The zero-order valence-corrected chi connectivity index (χ0v) is 13.1. The first-order chi connectivity index (χ1) is 8.25. The first-order valence-electron chi connectivity index (χ1n) is 5.30. The number of nitrogens with one attached hydrogen (secondary N) is 1. The quantitative estimate of drug-likeness (QED) is 0.885. The topological polar surface area (TPSA) is 24.9 Å². The second kappa shape index (κ2) is 9.40. The van der Waals surface area contributed by atoms with Crippen molar-refractivity contribution in [3.8, 4) is 0 Å². The first-order valence-corrected chi connectivity index (χ1v) is 6.06. The fraction of sp³-hybridized carbons (Fsp3) is 0.154. The first kappa shape index (κ1) is 18.5. The molecule has 0 spiro atoms. The molecule has 0 radical (unpaired) electrons. The van der Waals surface area contributed by atoms with Crippen LogP contribution in [0.1, 0.15) is 11.3 Å². The van der Waals surface area contributed by atoms with Crippen molar-refractivity contribution in [3.05, 3.63) is 63.9 Å². The Hall–Kier alpha value is -0.510. The molecular weight excluding hydrogens is 326 g/mol. The molecule has 0 unspecified atom stereocenters. The van der Waals surface area contributed by atoms with Crippen LogP contribution in [0.3, 0.4) is 0 Å². The molecular formula is C13H14Cl4N2. The molecule has 104 valence electrons. The molecule has 2 rings (SSSR count). The van der Waals surface area contributed by atoms with Crippen LogP contribution >= 0.6 is 48.0 Å². The van der Waals surface area contributed by atoms with Crippen LogP contribution in [0.15, 0.2) is 42.6 Å². The predicted octanol–water partition coefficient (Wildman–Crippen LogP) is 4.52. The van der Waals surface area contributed by atoms with Gasteiger partial charge in [-0.25, -0.2) is 0 Å². The molecule has 1 heterocycles. The molecule has 2 nitrogen and oxygen atoms in total. The maximum Gasteiger partial charge on any atom is 0.0541 e. The highest BCUT2D eigenvalue weighted by molar-refractivity contribution is 6.35. The van der Waals surface area contributed by atoms with Gasteiger partial charge in [-0.2, -0.15) is 0 Å². The largest absolute Gasteiger partial charge is 0.307 e. The minimum atomic E-state index is 0. The maximum absolute atomic E-state index is 6.07. The van der Waals surface area contributed by atoms with Crippen LogP contribution in [-0.2, 0) is 13.1 Å². The maximum atomic E-state index is 6.07. The number of nitrogens with zero attached hydrogens (tertiary/aromatic N) is 1. The highest BCUT2D eigenvalue weighted by Gasteiger charge is 2.01. The Morgan fingerprint density at radius 3 is 2.42 bits per heavy atom. The number of hydrogen-bond acceptors (Lipinski definition) is 2. The van der Waals surface area contributed by atoms with Gasteiger partial charge in [-0.15, -0.1) is 24.8 Å². The van der Waals surface area contributed by atoms with Gasteiger partial charge in [0.25, 0.3) is 0 Å². The van der Waals surface area contributed by atoms with E-state index in [1.54, 1.807) is 12.3 Å². The van der Waals surface area contributed by atoms with Crippen molar-refractivity contribution in [1.82, 2.24) is 10.3 Å². The summed E-state index contributed by atoms with van der Waals surface area (Å²) in [5.41, 5.74) is 2.05. The second-order valence-corrected chi connectivity index (χ2v) is 4.50. The van der Waals surface area contributed by atoms with E-state index in [-0.39, 0.29) is 24.8 Å². The molecule has 0 aliphatic carbocycles. The fourth-order valence-electron chi connectivity index (χ4n) is 1.49. The molecule has 0 saturated carbocycles. The minimum absolute atomic E-state index is 0. The Kier molecular flexibility index (Phi) is 9.15. The summed E-state index contributed by atoms with van der Waals surface area (Å²) in [5.74, 6) is 0. The van der Waals surface area contributed by atoms with Gasteiger partial charge in [0.2, 0.25) is 0 Å². The SMILES string of the molecule is Cl.Cl.Clc1ccc(CNCc2ccccn2)c(Cl)c1. The third-order valence-corrected chi connectivity index (χ3v) is 2.95. The number of aromatic nitrogens is 1. The van der Waals surface area contributed by atoms with Crippen molar-refractivity contribution in [3.63, 3.8) is 0 Å². The van der Waals surface area contributed by atoms with Crippen molar-refractivity contribution in [2.45, 2.75) is 13.1 Å². The Morgan fingerprint density at radius 2 is 1.79 bits per heavy atom. The highest BCUT2D eigenvalue weighted by Crippen LogP contribution is 2.20. The highest BCUT2D eigenvalue weighted by atomic mass is 35.5. The van der Waals surface area contributed by atoms with Gasteiger partial charge in [0.05, 0.1) is 5.69 Å². The zero-order valence-electron chi connectivity index (χ0n) is 9.98. The molecule has 0 fully saturated rings. The Labute approximate surface area is 135 Å². The van der Waals surface area contributed by atoms with E-state index >= 15 is 0 Å². The Bertz CT molecular complexity index is 491. The lowest BCUT2D eigenvalue weighted by molar-refractivity contribution is 0.680. The van der Waals surface area contributed by atoms with Crippen molar-refractivity contribution in [1.29, 1.82) is 0 Å². The molecule has 1 aromatic heterocycles. The Balaban J connectivity index is 0.00000162. The average Bonchev–Trinajstić information content (AvgIpc) is 2.33. The fourth-order valence-corrected chi connectivity index (χ4v) is 1.97. The molecule has 2 aromatic rings. The second-order valence-electron chi connectivity index (χ2n) is 3.66. The van der Waals surface area contributed by atoms with Crippen LogP contribution in [0.2, 0.25) is 10.0 Å². The van der Waals surface area contributed by atoms with Gasteiger partial charge >= 0.3 is 0 Å². The lowest BCUT2D eigenvalue weighted by Crippen LogP contribution is -2.13. The van der Waals surface area contributed by atoms with E-state index in [1.165, 1.54) is 0 Å². The Morgan fingerprint density at radius 1 is 1.00 bits per heavy atom. The average molecular weight is 340 g/mol. The summed E-state index contributed by atoms with van der Waals surface area (Å²) >= 11 is 11.9. The number of halogens is 4. The molecule has 6 heteroatoms. The summed E-state index contributed by atoms with van der Waals surface area (Å²) in [4.78, 5) is 4.23. The van der Waals surface area contributed by atoms with E-state index in [4.69, 9.17) is 23.2 Å². The summed E-state index contributed by atoms with van der Waals surface area (Å²) in [6, 6.07) is 11.4. The van der Waals surface area contributed by atoms with E-state index in [0.717, 1.165) is 17.8 Å². The summed E-state index contributed by atoms with van der Waals surface area (Å²) < 4.78 is 0. The third-order valence-electron chi connectivity index (χ3n) is 2.36. The third kappa shape index (κ3) is 5.98. The van der Waals surface area contributed by atoms with Crippen LogP contribution in [0.25, 0.3) is 0 Å². The van der Waals surface area contributed by atoms with Crippen molar-refractivity contribution < 1.29 is 0 Å². The van der Waals surface area contributed by atoms with Gasteiger partial charge < -0.3 is 5.32 Å². The van der Waals surface area contributed by atoms with Crippen LogP contribution in [-0.4, -0.2) is 4.98 Å². The lowest BCUT2D eigenvalue weighted by atomic mass is 10.2. The van der Waals surface area contributed by atoms with Gasteiger partial charge in [0, 0.05) is 29.3 Å². The van der Waals surface area contributed by atoms with E-state index in [9.17, 15) is 0 Å². The van der Waals surface area contributed by atoms with E-state index in [1.807, 2.05) is 30.3 Å². The van der Waals surface area contributed by atoms with Crippen LogP contribution in [0, 0.1) is 0 Å². The number of pyridine rings is 1. The van der Waals surface area contributed by atoms with Gasteiger partial charge in [-0.05, 0) is 29.8 Å². The van der Waals surface area contributed by atoms with Gasteiger partial charge in [-0.3, -0.25) is 4.98 Å². The van der Waals surface area contributed by atoms with Gasteiger partial charge in [0.1, 0.15) is 0 Å². The minimum Gasteiger partial charge on any atom is -0.307 e. The molecule has 0 aliphatic rings. The van der Waals surface area contributed by atoms with Crippen LogP contribution in [0.4, 0.5) is 0 Å². The normalized spacial score (nSPS) is 9.37. The summed E-state index contributed by atoms with van der Waals surface area (Å²) in [5, 5.41) is 4.63. The molecule has 0 aliphatic heterocycles. The monoisotopic (exact) mass is 338 g/mol. The molecule has 0 bridgehead atoms. The van der Waals surface area contributed by atoms with E-state index < -0.39 is 0 Å². The van der Waals surface area contributed by atoms with Crippen molar-refractivity contribution in [2.24, 2.45) is 0 Å². The standard InChI is InChI=1S/C13H12Cl2N2.2ClH/c14-11-5-4-10(13(15)7-11)8-16-9-12-3-1-2-6-17-12;;/h1-7,16H,8-9H2;2*1H. The molecule has 1 aromatic carbocycles. The number of benzene rings is 1. The molecule has 1 N–H and O–H groups in total. The molecule has 0 amide bonds. The van der Waals surface area contributed by atoms with Gasteiger partial charge in [-0.1, -0.05) is 35.3 Å². The zero-order chi connectivity index (χ0) is 12.1. The van der Waals surface area contributed by atoms with Gasteiger partial charge in [0.15, 0.2) is 0 Å². The molecule has 19 heavy (non-hydrogen) atoms. The smallest absolute Gasteiger partial charge is 0.0541 e. The van der Waals surface area contributed by atoms with Crippen molar-refractivity contribution in [2.75, 3.05) is 0 Å². The summed E-state index contributed by atoms with van der Waals surface area (Å²) in [6.07, 6.45) is 1.78. The number of hydrogen-bond donors (Lipinski definition) is 1. The van der Waals surface area contributed by atoms with E-state index in [2.05, 4.69) is 10.3 Å². The summed E-state index contributed by atoms with van der Waals surface area (Å²) in [7, 11) is 0. The number of rotatable bonds is 4.